The molecule has 4 N–H and O–H groups in total. The smallest absolute Gasteiger partial charge is 0.204 e. The van der Waals surface area contributed by atoms with Gasteiger partial charge in [0, 0.05) is 34.1 Å². The molecule has 0 saturated heterocycles. The van der Waals surface area contributed by atoms with Gasteiger partial charge in [0.1, 0.15) is 22.5 Å². The van der Waals surface area contributed by atoms with E-state index in [0.29, 0.717) is 24.0 Å². The Morgan fingerprint density at radius 3 is 2.49 bits per heavy atom. The van der Waals surface area contributed by atoms with Crippen LogP contribution in [0.3, 0.4) is 0 Å². The van der Waals surface area contributed by atoms with Crippen molar-refractivity contribution in [1.29, 1.82) is 0 Å². The van der Waals surface area contributed by atoms with Gasteiger partial charge in [0.25, 0.3) is 0 Å². The number of aromatic hydroxyl groups is 3. The Labute approximate surface area is 225 Å². The zero-order valence-electron chi connectivity index (χ0n) is 21.8. The van der Waals surface area contributed by atoms with E-state index in [2.05, 4.69) is 36.2 Å². The van der Waals surface area contributed by atoms with Gasteiger partial charge in [-0.2, -0.15) is 0 Å². The van der Waals surface area contributed by atoms with E-state index in [-0.39, 0.29) is 34.0 Å². The normalized spacial score (nSPS) is 12.4. The maximum absolute atomic E-state index is 13.2. The SMILES string of the molecule is CCc1cc2c([nH]1)CCc1c(CCc3c(O)c(OC)c(O)c4c(=O)cc(-c5ccc(O)cc5)oc34)cccc1-2. The Balaban J connectivity index is 1.45. The van der Waals surface area contributed by atoms with Crippen molar-refractivity contribution in [3.05, 3.63) is 92.9 Å². The quantitative estimate of drug-likeness (QED) is 0.216. The van der Waals surface area contributed by atoms with Crippen LogP contribution in [-0.4, -0.2) is 27.4 Å². The lowest BCUT2D eigenvalue weighted by atomic mass is 9.85. The molecule has 5 aromatic rings. The molecule has 1 aliphatic carbocycles. The number of methoxy groups -OCH3 is 1. The molecule has 2 heterocycles. The third-order valence-corrected chi connectivity index (χ3v) is 7.70. The third-order valence-electron chi connectivity index (χ3n) is 7.70. The van der Waals surface area contributed by atoms with Crippen molar-refractivity contribution < 1.29 is 24.5 Å². The summed E-state index contributed by atoms with van der Waals surface area (Å²) in [6, 6.07) is 16.1. The Kier molecular flexibility index (Phi) is 6.06. The number of aromatic nitrogens is 1. The second-order valence-electron chi connectivity index (χ2n) is 9.92. The summed E-state index contributed by atoms with van der Waals surface area (Å²) < 4.78 is 11.5. The number of nitrogens with one attached hydrogen (secondary N) is 1. The number of hydrogen-bond donors (Lipinski definition) is 4. The van der Waals surface area contributed by atoms with Crippen molar-refractivity contribution in [3.63, 3.8) is 0 Å². The number of aromatic amines is 1. The first-order chi connectivity index (χ1) is 18.9. The first-order valence-corrected chi connectivity index (χ1v) is 13.1. The highest BCUT2D eigenvalue weighted by Crippen LogP contribution is 2.46. The molecule has 6 rings (SSSR count). The minimum absolute atomic E-state index is 0.0404. The van der Waals surface area contributed by atoms with Crippen LogP contribution in [0.4, 0.5) is 0 Å². The summed E-state index contributed by atoms with van der Waals surface area (Å²) in [5.74, 6) is -0.503. The molecule has 0 radical (unpaired) electrons. The Morgan fingerprint density at radius 1 is 0.949 bits per heavy atom. The van der Waals surface area contributed by atoms with Gasteiger partial charge >= 0.3 is 0 Å². The Bertz CT molecular complexity index is 1780. The summed E-state index contributed by atoms with van der Waals surface area (Å²) in [5.41, 5.74) is 8.05. The van der Waals surface area contributed by atoms with E-state index in [9.17, 15) is 20.1 Å². The molecule has 0 amide bonds. The van der Waals surface area contributed by atoms with Crippen LogP contribution in [0.5, 0.6) is 23.0 Å². The van der Waals surface area contributed by atoms with E-state index in [1.54, 1.807) is 12.1 Å². The van der Waals surface area contributed by atoms with E-state index in [4.69, 9.17) is 9.15 Å². The summed E-state index contributed by atoms with van der Waals surface area (Å²) in [4.78, 5) is 16.7. The predicted molar refractivity (Wildman–Crippen MR) is 150 cm³/mol. The van der Waals surface area contributed by atoms with Crippen LogP contribution >= 0.6 is 0 Å². The molecule has 0 aliphatic heterocycles. The van der Waals surface area contributed by atoms with Gasteiger partial charge in [0.15, 0.2) is 16.9 Å². The lowest BCUT2D eigenvalue weighted by Crippen LogP contribution is -2.08. The van der Waals surface area contributed by atoms with Crippen molar-refractivity contribution in [2.75, 3.05) is 7.11 Å². The van der Waals surface area contributed by atoms with Gasteiger partial charge < -0.3 is 29.5 Å². The van der Waals surface area contributed by atoms with Gasteiger partial charge in [0.05, 0.1) is 7.11 Å². The zero-order chi connectivity index (χ0) is 27.3. The Hall–Kier alpha value is -4.65. The number of rotatable bonds is 6. The molecule has 0 unspecified atom stereocenters. The third kappa shape index (κ3) is 4.11. The molecule has 0 bridgehead atoms. The van der Waals surface area contributed by atoms with Crippen LogP contribution < -0.4 is 10.2 Å². The van der Waals surface area contributed by atoms with Crippen LogP contribution in [0.1, 0.15) is 35.0 Å². The van der Waals surface area contributed by atoms with Crippen LogP contribution in [0.25, 0.3) is 33.4 Å². The first-order valence-electron chi connectivity index (χ1n) is 13.1. The minimum Gasteiger partial charge on any atom is -0.508 e. The largest absolute Gasteiger partial charge is 0.508 e. The van der Waals surface area contributed by atoms with Gasteiger partial charge in [-0.1, -0.05) is 25.1 Å². The number of ether oxygens (including phenoxy) is 1. The van der Waals surface area contributed by atoms with Gasteiger partial charge in [-0.05, 0) is 79.1 Å². The molecule has 7 nitrogen and oxygen atoms in total. The fraction of sp³-hybridized carbons (Fsp3) is 0.219. The summed E-state index contributed by atoms with van der Waals surface area (Å²) in [7, 11) is 1.34. The van der Waals surface area contributed by atoms with Crippen molar-refractivity contribution in [3.8, 4) is 45.4 Å². The van der Waals surface area contributed by atoms with Crippen LogP contribution in [0, 0.1) is 0 Å². The van der Waals surface area contributed by atoms with E-state index in [1.807, 2.05) is 0 Å². The van der Waals surface area contributed by atoms with Crippen molar-refractivity contribution in [1.82, 2.24) is 4.98 Å². The monoisotopic (exact) mass is 523 g/mol. The number of phenols is 3. The molecular formula is C32H29NO6. The maximum atomic E-state index is 13.2. The number of aryl methyl sites for hydroxylation is 4. The highest BCUT2D eigenvalue weighted by molar-refractivity contribution is 5.92. The molecular weight excluding hydrogens is 494 g/mol. The van der Waals surface area contributed by atoms with Crippen LogP contribution in [0.2, 0.25) is 0 Å². The topological polar surface area (TPSA) is 116 Å². The number of H-pyrrole nitrogens is 1. The molecule has 0 fully saturated rings. The minimum atomic E-state index is -0.458. The molecule has 0 saturated carbocycles. The van der Waals surface area contributed by atoms with E-state index in [0.717, 1.165) is 24.8 Å². The molecule has 39 heavy (non-hydrogen) atoms. The fourth-order valence-electron chi connectivity index (χ4n) is 5.71. The summed E-state index contributed by atoms with van der Waals surface area (Å²) in [6.07, 6.45) is 3.75. The molecule has 198 valence electrons. The van der Waals surface area contributed by atoms with Crippen LogP contribution in [-0.2, 0) is 32.1 Å². The average Bonchev–Trinajstić information content (AvgIpc) is 3.37. The zero-order valence-corrected chi connectivity index (χ0v) is 21.8. The molecule has 2 aromatic heterocycles. The lowest BCUT2D eigenvalue weighted by Gasteiger charge is -2.20. The predicted octanol–water partition coefficient (Wildman–Crippen LogP) is 6.03. The van der Waals surface area contributed by atoms with Gasteiger partial charge in [-0.3, -0.25) is 4.79 Å². The standard InChI is InChI=1S/C32H29NO6/c1-3-19-15-24-22-6-4-5-17(21(22)13-14-25(24)33-19)9-12-23-29(36)32(38-2)30(37)28-26(35)16-27(39-31(23)28)18-7-10-20(34)11-8-18/h4-8,10-11,15-16,33-34,36-37H,3,9,12-14H2,1-2H3. The van der Waals surface area contributed by atoms with Crippen LogP contribution in [0.15, 0.2) is 63.8 Å². The molecule has 1 aliphatic rings. The van der Waals surface area contributed by atoms with Crippen molar-refractivity contribution in [2.24, 2.45) is 0 Å². The molecule has 0 spiro atoms. The van der Waals surface area contributed by atoms with E-state index in [1.165, 1.54) is 53.4 Å². The second kappa shape index (κ2) is 9.58. The highest BCUT2D eigenvalue weighted by Gasteiger charge is 2.26. The van der Waals surface area contributed by atoms with Gasteiger partial charge in [-0.25, -0.2) is 0 Å². The molecule has 3 aromatic carbocycles. The summed E-state index contributed by atoms with van der Waals surface area (Å²) in [5, 5.41) is 31.6. The Morgan fingerprint density at radius 2 is 1.74 bits per heavy atom. The van der Waals surface area contributed by atoms with Crippen molar-refractivity contribution in [2.45, 2.75) is 39.0 Å². The second-order valence-corrected chi connectivity index (χ2v) is 9.92. The maximum Gasteiger partial charge on any atom is 0.204 e. The van der Waals surface area contributed by atoms with Gasteiger partial charge in [0.2, 0.25) is 5.75 Å². The number of phenolic OH excluding ortho intramolecular Hbond substituents is 3. The number of fused-ring (bicyclic) bond motifs is 4. The van der Waals surface area contributed by atoms with E-state index >= 15 is 0 Å². The molecule has 0 atom stereocenters. The summed E-state index contributed by atoms with van der Waals surface area (Å²) >= 11 is 0. The van der Waals surface area contributed by atoms with Gasteiger partial charge in [-0.15, -0.1) is 0 Å². The van der Waals surface area contributed by atoms with E-state index < -0.39 is 11.2 Å². The summed E-state index contributed by atoms with van der Waals surface area (Å²) in [6.45, 7) is 2.14. The molecule has 7 heteroatoms. The fourth-order valence-corrected chi connectivity index (χ4v) is 5.71. The van der Waals surface area contributed by atoms with Crippen molar-refractivity contribution >= 4 is 11.0 Å². The highest BCUT2D eigenvalue weighted by atomic mass is 16.5. The first kappa shape index (κ1) is 24.7. The average molecular weight is 524 g/mol. The number of hydrogen-bond acceptors (Lipinski definition) is 6. The number of benzene rings is 3. The lowest BCUT2D eigenvalue weighted by molar-refractivity contribution is 0.344.